The molecule has 46 heavy (non-hydrogen) atoms. The highest BCUT2D eigenvalue weighted by Gasteiger charge is 2.45. The Hall–Kier alpha value is -4.58. The molecular weight excluding hydrogens is 608 g/mol. The Morgan fingerprint density at radius 2 is 1.67 bits per heavy atom. The number of amides is 4. The molecule has 4 aliphatic rings. The van der Waals surface area contributed by atoms with Crippen molar-refractivity contribution >= 4 is 40.9 Å². The molecular formula is C34H34N4O7S. The zero-order valence-electron chi connectivity index (χ0n) is 25.2. The van der Waals surface area contributed by atoms with Gasteiger partial charge >= 0.3 is 5.97 Å². The molecule has 4 amide bonds. The van der Waals surface area contributed by atoms with E-state index in [4.69, 9.17) is 4.74 Å². The summed E-state index contributed by atoms with van der Waals surface area (Å²) < 4.78 is 6.59. The Morgan fingerprint density at radius 3 is 2.37 bits per heavy atom. The Kier molecular flexibility index (Phi) is 8.06. The van der Waals surface area contributed by atoms with Gasteiger partial charge in [-0.3, -0.25) is 33.9 Å². The first-order valence-electron chi connectivity index (χ1n) is 15.8. The van der Waals surface area contributed by atoms with Gasteiger partial charge in [-0.2, -0.15) is 0 Å². The number of aliphatic carboxylic acids is 1. The molecule has 0 spiro atoms. The zero-order chi connectivity index (χ0) is 31.9. The second kappa shape index (κ2) is 12.3. The van der Waals surface area contributed by atoms with E-state index in [9.17, 15) is 29.1 Å². The first kappa shape index (κ1) is 30.1. The molecule has 11 nitrogen and oxygen atoms in total. The van der Waals surface area contributed by atoms with Crippen LogP contribution in [0.1, 0.15) is 79.7 Å². The molecule has 12 heteroatoms. The molecule has 3 aliphatic heterocycles. The summed E-state index contributed by atoms with van der Waals surface area (Å²) in [6.07, 6.45) is 4.82. The van der Waals surface area contributed by atoms with Crippen molar-refractivity contribution in [2.24, 2.45) is 11.8 Å². The van der Waals surface area contributed by atoms with Gasteiger partial charge in [0, 0.05) is 25.1 Å². The van der Waals surface area contributed by atoms with Crippen molar-refractivity contribution in [1.29, 1.82) is 0 Å². The molecule has 2 fully saturated rings. The lowest BCUT2D eigenvalue weighted by atomic mass is 9.77. The number of nitrogens with zero attached hydrogens (tertiary/aromatic N) is 4. The van der Waals surface area contributed by atoms with Crippen LogP contribution in [0.5, 0.6) is 5.75 Å². The van der Waals surface area contributed by atoms with Gasteiger partial charge in [0.1, 0.15) is 16.7 Å². The Balaban J connectivity index is 1.22. The molecule has 4 atom stereocenters. The molecule has 4 heterocycles. The van der Waals surface area contributed by atoms with Crippen LogP contribution in [0.2, 0.25) is 0 Å². The van der Waals surface area contributed by atoms with Gasteiger partial charge in [0.05, 0.1) is 53.8 Å². The smallest absolute Gasteiger partial charge is 0.307 e. The van der Waals surface area contributed by atoms with Crippen LogP contribution in [0, 0.1) is 11.8 Å². The fourth-order valence-electron chi connectivity index (χ4n) is 7.47. The first-order chi connectivity index (χ1) is 22.3. The lowest BCUT2D eigenvalue weighted by Crippen LogP contribution is -2.50. The van der Waals surface area contributed by atoms with Gasteiger partial charge in [-0.15, -0.1) is 11.3 Å². The van der Waals surface area contributed by atoms with E-state index >= 15 is 0 Å². The third-order valence-corrected chi connectivity index (χ3v) is 10.5. The fourth-order valence-corrected chi connectivity index (χ4v) is 8.06. The summed E-state index contributed by atoms with van der Waals surface area (Å²) in [5.74, 6) is -3.12. The molecule has 0 bridgehead atoms. The molecule has 1 aliphatic carbocycles. The Labute approximate surface area is 269 Å². The molecule has 0 radical (unpaired) electrons. The van der Waals surface area contributed by atoms with E-state index in [1.807, 2.05) is 18.2 Å². The highest BCUT2D eigenvalue weighted by atomic mass is 32.1. The number of fused-ring (bicyclic) bond motifs is 2. The minimum absolute atomic E-state index is 0.0867. The molecule has 2 aromatic carbocycles. The second-order valence-corrected chi connectivity index (χ2v) is 13.3. The number of likely N-dealkylation sites (tertiary alicyclic amines) is 1. The quantitative estimate of drug-likeness (QED) is 0.381. The SMILES string of the molecule is O=C(O)[C@H]1CCCC[C@H]1C(=O)N1CCc2cccc(OC3CCN(C(=O)c4cncs4)C3)c2[C@H]1CN1C(=O)c2ccccc2C1=O. The van der Waals surface area contributed by atoms with Gasteiger partial charge in [0.15, 0.2) is 0 Å². The summed E-state index contributed by atoms with van der Waals surface area (Å²) in [4.78, 5) is 75.7. The average Bonchev–Trinajstić information content (AvgIpc) is 3.83. The molecule has 1 unspecified atom stereocenters. The predicted octanol–water partition coefficient (Wildman–Crippen LogP) is 4.05. The Bertz CT molecular complexity index is 1670. The number of carbonyl (C=O) groups excluding carboxylic acids is 4. The normalized spacial score (nSPS) is 24.1. The van der Waals surface area contributed by atoms with E-state index in [0.717, 1.165) is 18.4 Å². The minimum atomic E-state index is -0.977. The molecule has 1 N–H and O–H groups in total. The molecule has 1 saturated heterocycles. The summed E-state index contributed by atoms with van der Waals surface area (Å²) in [5.41, 5.74) is 3.92. The zero-order valence-corrected chi connectivity index (χ0v) is 26.0. The van der Waals surface area contributed by atoms with Gasteiger partial charge in [-0.1, -0.05) is 37.1 Å². The van der Waals surface area contributed by atoms with E-state index in [-0.39, 0.29) is 24.5 Å². The summed E-state index contributed by atoms with van der Waals surface area (Å²) in [6, 6.07) is 11.6. The molecule has 7 rings (SSSR count). The van der Waals surface area contributed by atoms with Crippen molar-refractivity contribution in [1.82, 2.24) is 19.7 Å². The van der Waals surface area contributed by atoms with E-state index in [0.29, 0.717) is 72.6 Å². The van der Waals surface area contributed by atoms with Gasteiger partial charge in [0.25, 0.3) is 17.7 Å². The maximum absolute atomic E-state index is 14.3. The van der Waals surface area contributed by atoms with Crippen LogP contribution in [0.3, 0.4) is 0 Å². The maximum Gasteiger partial charge on any atom is 0.307 e. The first-order valence-corrected chi connectivity index (χ1v) is 16.6. The van der Waals surface area contributed by atoms with E-state index in [1.165, 1.54) is 16.2 Å². The monoisotopic (exact) mass is 642 g/mol. The average molecular weight is 643 g/mol. The van der Waals surface area contributed by atoms with Crippen LogP contribution in [0.4, 0.5) is 0 Å². The highest BCUT2D eigenvalue weighted by molar-refractivity contribution is 7.11. The van der Waals surface area contributed by atoms with Crippen molar-refractivity contribution in [3.63, 3.8) is 0 Å². The fraction of sp³-hybridized carbons (Fsp3) is 0.412. The number of hydrogen-bond donors (Lipinski definition) is 1. The number of imide groups is 1. The van der Waals surface area contributed by atoms with Crippen LogP contribution in [-0.2, 0) is 16.0 Å². The van der Waals surface area contributed by atoms with Gasteiger partial charge in [0.2, 0.25) is 5.91 Å². The predicted molar refractivity (Wildman–Crippen MR) is 167 cm³/mol. The highest BCUT2D eigenvalue weighted by Crippen LogP contribution is 2.42. The summed E-state index contributed by atoms with van der Waals surface area (Å²) in [7, 11) is 0. The van der Waals surface area contributed by atoms with E-state index in [2.05, 4.69) is 4.98 Å². The van der Waals surface area contributed by atoms with Crippen LogP contribution < -0.4 is 4.74 Å². The number of benzene rings is 2. The summed E-state index contributed by atoms with van der Waals surface area (Å²) in [6.45, 7) is 1.15. The van der Waals surface area contributed by atoms with Gasteiger partial charge in [-0.25, -0.2) is 0 Å². The lowest BCUT2D eigenvalue weighted by molar-refractivity contribution is -0.153. The minimum Gasteiger partial charge on any atom is -0.488 e. The third-order valence-electron chi connectivity index (χ3n) is 9.77. The standard InChI is InChI=1S/C34H34N4O7S/c39-30(24-9-3-4-10-25(24)34(43)44)37-15-12-20-6-5-11-27(45-21-13-14-36(17-21)33(42)28-16-35-19-46-28)29(20)26(37)18-38-31(40)22-7-1-2-8-23(22)32(38)41/h1-2,5-8,11,16,19,21,24-26H,3-4,9-10,12-15,17-18H2,(H,43,44)/t21?,24-,25+,26-/m1/s1. The number of aromatic nitrogens is 1. The van der Waals surface area contributed by atoms with Crippen molar-refractivity contribution in [3.8, 4) is 5.75 Å². The molecule has 1 saturated carbocycles. The van der Waals surface area contributed by atoms with Gasteiger partial charge in [-0.05, 0) is 43.0 Å². The second-order valence-electron chi connectivity index (χ2n) is 12.4. The topological polar surface area (TPSA) is 137 Å². The van der Waals surface area contributed by atoms with Crippen molar-refractivity contribution < 1.29 is 33.8 Å². The number of ether oxygens (including phenoxy) is 1. The summed E-state index contributed by atoms with van der Waals surface area (Å²) >= 11 is 1.29. The number of carbonyl (C=O) groups is 5. The molecule has 238 valence electrons. The largest absolute Gasteiger partial charge is 0.488 e. The van der Waals surface area contributed by atoms with E-state index in [1.54, 1.807) is 45.8 Å². The van der Waals surface area contributed by atoms with Crippen molar-refractivity contribution in [3.05, 3.63) is 81.3 Å². The number of carboxylic acid groups (broad SMARTS) is 1. The van der Waals surface area contributed by atoms with E-state index < -0.39 is 35.7 Å². The Morgan fingerprint density at radius 1 is 0.935 bits per heavy atom. The summed E-state index contributed by atoms with van der Waals surface area (Å²) in [5, 5.41) is 9.98. The lowest BCUT2D eigenvalue weighted by Gasteiger charge is -2.42. The van der Waals surface area contributed by atoms with Gasteiger partial charge < -0.3 is 19.6 Å². The number of thiazole rings is 1. The van der Waals surface area contributed by atoms with Crippen LogP contribution in [0.15, 0.2) is 54.2 Å². The van der Waals surface area contributed by atoms with Crippen LogP contribution in [-0.4, -0.2) is 86.7 Å². The van der Waals surface area contributed by atoms with Crippen LogP contribution >= 0.6 is 11.3 Å². The van der Waals surface area contributed by atoms with Crippen molar-refractivity contribution in [2.45, 2.75) is 50.7 Å². The third kappa shape index (κ3) is 5.34. The van der Waals surface area contributed by atoms with Crippen molar-refractivity contribution in [2.75, 3.05) is 26.2 Å². The number of carboxylic acids is 1. The number of hydrogen-bond acceptors (Lipinski definition) is 8. The number of rotatable bonds is 7. The maximum atomic E-state index is 14.3. The molecule has 1 aromatic heterocycles. The molecule has 3 aromatic rings. The van der Waals surface area contributed by atoms with Crippen LogP contribution in [0.25, 0.3) is 0 Å².